The Balaban J connectivity index is 2.12. The summed E-state index contributed by atoms with van der Waals surface area (Å²) < 4.78 is 13.6. The number of hydrogen-bond acceptors (Lipinski definition) is 1. The summed E-state index contributed by atoms with van der Waals surface area (Å²) >= 11 is 0. The van der Waals surface area contributed by atoms with E-state index in [4.69, 9.17) is 5.73 Å². The summed E-state index contributed by atoms with van der Waals surface area (Å²) in [6.45, 7) is 2.26. The molecule has 0 aromatic heterocycles. The van der Waals surface area contributed by atoms with Gasteiger partial charge in [-0.15, -0.1) is 0 Å². The lowest BCUT2D eigenvalue weighted by molar-refractivity contribution is 0.245. The molecule has 1 nitrogen and oxygen atoms in total. The molecule has 1 aromatic carbocycles. The molecule has 0 amide bonds. The molecule has 0 spiro atoms. The van der Waals surface area contributed by atoms with Crippen LogP contribution in [0.2, 0.25) is 0 Å². The predicted molar refractivity (Wildman–Crippen MR) is 64.5 cm³/mol. The molecule has 1 aliphatic rings. The van der Waals surface area contributed by atoms with Crippen molar-refractivity contribution in [3.8, 4) is 0 Å². The second kappa shape index (κ2) is 4.96. The number of nitrogens with two attached hydrogens (primary N) is 1. The Kier molecular flexibility index (Phi) is 3.59. The van der Waals surface area contributed by atoms with E-state index in [1.54, 1.807) is 6.07 Å². The molecule has 2 rings (SSSR count). The van der Waals surface area contributed by atoms with Crippen molar-refractivity contribution in [2.45, 2.75) is 38.6 Å². The van der Waals surface area contributed by atoms with Crippen LogP contribution in [-0.4, -0.2) is 0 Å². The van der Waals surface area contributed by atoms with Gasteiger partial charge in [0.1, 0.15) is 5.82 Å². The van der Waals surface area contributed by atoms with Crippen LogP contribution in [-0.2, 0) is 0 Å². The molecule has 1 aromatic rings. The van der Waals surface area contributed by atoms with Crippen molar-refractivity contribution in [2.75, 3.05) is 0 Å². The molecule has 2 heteroatoms. The highest BCUT2D eigenvalue weighted by molar-refractivity contribution is 5.21. The summed E-state index contributed by atoms with van der Waals surface area (Å²) in [5, 5.41) is 0. The van der Waals surface area contributed by atoms with Crippen molar-refractivity contribution >= 4 is 0 Å². The fourth-order valence-electron chi connectivity index (χ4n) is 2.81. The van der Waals surface area contributed by atoms with Crippen LogP contribution in [0, 0.1) is 17.7 Å². The Hall–Kier alpha value is -0.890. The average molecular weight is 221 g/mol. The maximum Gasteiger partial charge on any atom is 0.127 e. The van der Waals surface area contributed by atoms with E-state index in [1.807, 2.05) is 12.1 Å². The zero-order chi connectivity index (χ0) is 11.5. The van der Waals surface area contributed by atoms with E-state index in [2.05, 4.69) is 6.92 Å². The summed E-state index contributed by atoms with van der Waals surface area (Å²) in [5.41, 5.74) is 6.87. The zero-order valence-electron chi connectivity index (χ0n) is 9.83. The summed E-state index contributed by atoms with van der Waals surface area (Å²) in [7, 11) is 0. The Labute approximate surface area is 96.9 Å². The van der Waals surface area contributed by atoms with Crippen molar-refractivity contribution < 1.29 is 4.39 Å². The number of rotatable bonds is 2. The van der Waals surface area contributed by atoms with Gasteiger partial charge in [-0.2, -0.15) is 0 Å². The molecule has 2 N–H and O–H groups in total. The van der Waals surface area contributed by atoms with Crippen LogP contribution in [0.5, 0.6) is 0 Å². The first-order chi connectivity index (χ1) is 7.68. The second-order valence-electron chi connectivity index (χ2n) is 5.08. The molecular weight excluding hydrogens is 201 g/mol. The van der Waals surface area contributed by atoms with Gasteiger partial charge in [0.2, 0.25) is 0 Å². The highest BCUT2D eigenvalue weighted by atomic mass is 19.1. The van der Waals surface area contributed by atoms with E-state index in [9.17, 15) is 4.39 Å². The molecule has 0 radical (unpaired) electrons. The van der Waals surface area contributed by atoms with Crippen molar-refractivity contribution in [3.05, 3.63) is 35.6 Å². The standard InChI is InChI=1S/C14H20FN/c1-10-5-4-6-11(9-10)14(16)12-7-2-3-8-13(12)15/h2-3,7-8,10-11,14H,4-6,9,16H2,1H3. The van der Waals surface area contributed by atoms with E-state index in [0.29, 0.717) is 11.5 Å². The van der Waals surface area contributed by atoms with Gasteiger partial charge in [0, 0.05) is 11.6 Å². The summed E-state index contributed by atoms with van der Waals surface area (Å²) in [4.78, 5) is 0. The first-order valence-electron chi connectivity index (χ1n) is 6.18. The Morgan fingerprint density at radius 3 is 2.75 bits per heavy atom. The van der Waals surface area contributed by atoms with E-state index in [1.165, 1.54) is 18.9 Å². The minimum Gasteiger partial charge on any atom is -0.324 e. The zero-order valence-corrected chi connectivity index (χ0v) is 9.83. The Bertz CT molecular complexity index is 350. The number of hydrogen-bond donors (Lipinski definition) is 1. The van der Waals surface area contributed by atoms with Gasteiger partial charge in [-0.1, -0.05) is 38.0 Å². The van der Waals surface area contributed by atoms with Crippen molar-refractivity contribution in [1.29, 1.82) is 0 Å². The lowest BCUT2D eigenvalue weighted by atomic mass is 9.77. The highest BCUT2D eigenvalue weighted by Gasteiger charge is 2.26. The largest absolute Gasteiger partial charge is 0.324 e. The number of benzene rings is 1. The molecule has 0 aliphatic heterocycles. The van der Waals surface area contributed by atoms with Gasteiger partial charge in [0.25, 0.3) is 0 Å². The highest BCUT2D eigenvalue weighted by Crippen LogP contribution is 2.36. The maximum atomic E-state index is 13.6. The molecule has 88 valence electrons. The molecule has 0 saturated heterocycles. The fraction of sp³-hybridized carbons (Fsp3) is 0.571. The lowest BCUT2D eigenvalue weighted by Gasteiger charge is -2.31. The van der Waals surface area contributed by atoms with Gasteiger partial charge >= 0.3 is 0 Å². The minimum atomic E-state index is -0.159. The third-order valence-electron chi connectivity index (χ3n) is 3.75. The van der Waals surface area contributed by atoms with Gasteiger partial charge in [-0.05, 0) is 30.7 Å². The first-order valence-corrected chi connectivity index (χ1v) is 6.18. The fourth-order valence-corrected chi connectivity index (χ4v) is 2.81. The lowest BCUT2D eigenvalue weighted by Crippen LogP contribution is -2.26. The van der Waals surface area contributed by atoms with Gasteiger partial charge in [-0.25, -0.2) is 4.39 Å². The summed E-state index contributed by atoms with van der Waals surface area (Å²) in [6, 6.07) is 6.77. The third kappa shape index (κ3) is 2.43. The van der Waals surface area contributed by atoms with Gasteiger partial charge in [0.15, 0.2) is 0 Å². The normalized spacial score (nSPS) is 27.7. The first kappa shape index (κ1) is 11.6. The minimum absolute atomic E-state index is 0.135. The average Bonchev–Trinajstić information content (AvgIpc) is 2.29. The third-order valence-corrected chi connectivity index (χ3v) is 3.75. The van der Waals surface area contributed by atoms with E-state index in [0.717, 1.165) is 18.8 Å². The molecule has 0 bridgehead atoms. The second-order valence-corrected chi connectivity index (χ2v) is 5.08. The SMILES string of the molecule is CC1CCCC(C(N)c2ccccc2F)C1. The smallest absolute Gasteiger partial charge is 0.127 e. The molecule has 1 fully saturated rings. The maximum absolute atomic E-state index is 13.6. The predicted octanol–water partition coefficient (Wildman–Crippen LogP) is 3.65. The van der Waals surface area contributed by atoms with Crippen LogP contribution in [0.15, 0.2) is 24.3 Å². The molecule has 1 saturated carbocycles. The van der Waals surface area contributed by atoms with Crippen LogP contribution in [0.3, 0.4) is 0 Å². The molecule has 3 unspecified atom stereocenters. The molecule has 1 aliphatic carbocycles. The van der Waals surface area contributed by atoms with Gasteiger partial charge in [-0.3, -0.25) is 0 Å². The van der Waals surface area contributed by atoms with Crippen LogP contribution < -0.4 is 5.73 Å². The van der Waals surface area contributed by atoms with Crippen LogP contribution in [0.25, 0.3) is 0 Å². The van der Waals surface area contributed by atoms with Crippen molar-refractivity contribution in [1.82, 2.24) is 0 Å². The molecular formula is C14H20FN. The number of halogens is 1. The molecule has 3 atom stereocenters. The van der Waals surface area contributed by atoms with E-state index in [-0.39, 0.29) is 11.9 Å². The summed E-state index contributed by atoms with van der Waals surface area (Å²) in [5.74, 6) is 1.02. The van der Waals surface area contributed by atoms with Crippen molar-refractivity contribution in [3.63, 3.8) is 0 Å². The van der Waals surface area contributed by atoms with E-state index < -0.39 is 0 Å². The summed E-state index contributed by atoms with van der Waals surface area (Å²) in [6.07, 6.45) is 4.80. The topological polar surface area (TPSA) is 26.0 Å². The van der Waals surface area contributed by atoms with Gasteiger partial charge < -0.3 is 5.73 Å². The van der Waals surface area contributed by atoms with Crippen LogP contribution in [0.4, 0.5) is 4.39 Å². The molecule has 0 heterocycles. The monoisotopic (exact) mass is 221 g/mol. The quantitative estimate of drug-likeness (QED) is 0.810. The van der Waals surface area contributed by atoms with E-state index >= 15 is 0 Å². The Morgan fingerprint density at radius 2 is 2.06 bits per heavy atom. The van der Waals surface area contributed by atoms with Crippen LogP contribution >= 0.6 is 0 Å². The molecule has 16 heavy (non-hydrogen) atoms. The Morgan fingerprint density at radius 1 is 1.31 bits per heavy atom. The van der Waals surface area contributed by atoms with Gasteiger partial charge in [0.05, 0.1) is 0 Å². The van der Waals surface area contributed by atoms with Crippen LogP contribution in [0.1, 0.15) is 44.2 Å². The van der Waals surface area contributed by atoms with Crippen molar-refractivity contribution in [2.24, 2.45) is 17.6 Å².